The fourth-order valence-corrected chi connectivity index (χ4v) is 5.79. The van der Waals surface area contributed by atoms with Crippen LogP contribution in [-0.2, 0) is 25.7 Å². The molecule has 0 spiro atoms. The van der Waals surface area contributed by atoms with Gasteiger partial charge < -0.3 is 25.3 Å². The van der Waals surface area contributed by atoms with Gasteiger partial charge in [-0.1, -0.05) is 53.2 Å². The van der Waals surface area contributed by atoms with Crippen LogP contribution in [0.3, 0.4) is 0 Å². The smallest absolute Gasteiger partial charge is 0.249 e. The SMILES string of the molecule is C/C(=C\[C@H](C(C)C)N(C)C(=O)CNC=O)C(=O)N1CCC[C@H]1C(=O)NCc1cccs1.CC(C)C.CC(C)N1CCCCC1. The van der Waals surface area contributed by atoms with Crippen molar-refractivity contribution < 1.29 is 19.2 Å². The van der Waals surface area contributed by atoms with E-state index in [1.807, 2.05) is 31.4 Å². The van der Waals surface area contributed by atoms with E-state index in [1.165, 1.54) is 37.3 Å². The molecule has 0 aromatic carbocycles. The third-order valence-electron chi connectivity index (χ3n) is 7.57. The van der Waals surface area contributed by atoms with Gasteiger partial charge in [0.2, 0.25) is 24.1 Å². The molecule has 0 saturated carbocycles. The molecule has 0 aliphatic carbocycles. The Morgan fingerprint density at radius 2 is 1.66 bits per heavy atom. The molecule has 1 aromatic rings. The normalized spacial score (nSPS) is 17.8. The summed E-state index contributed by atoms with van der Waals surface area (Å²) < 4.78 is 0. The van der Waals surface area contributed by atoms with Crippen LogP contribution in [0.2, 0.25) is 0 Å². The van der Waals surface area contributed by atoms with E-state index in [1.54, 1.807) is 36.3 Å². The quantitative estimate of drug-likeness (QED) is 0.262. The number of thiophene rings is 1. The lowest BCUT2D eigenvalue weighted by Crippen LogP contribution is -2.46. The Kier molecular flexibility index (Phi) is 18.8. The molecule has 2 fully saturated rings. The average molecular weight is 634 g/mol. The number of rotatable bonds is 11. The van der Waals surface area contributed by atoms with Crippen LogP contribution < -0.4 is 10.6 Å². The maximum absolute atomic E-state index is 13.1. The summed E-state index contributed by atoms with van der Waals surface area (Å²) in [4.78, 5) is 55.4. The number of nitrogens with zero attached hydrogens (tertiary/aromatic N) is 3. The zero-order valence-electron chi connectivity index (χ0n) is 28.7. The highest BCUT2D eigenvalue weighted by Crippen LogP contribution is 2.22. The van der Waals surface area contributed by atoms with Crippen LogP contribution in [0.25, 0.3) is 0 Å². The van der Waals surface area contributed by atoms with Gasteiger partial charge >= 0.3 is 0 Å². The zero-order chi connectivity index (χ0) is 33.2. The molecular formula is C34H59N5O4S. The van der Waals surface area contributed by atoms with E-state index in [0.29, 0.717) is 31.5 Å². The first-order chi connectivity index (χ1) is 20.8. The summed E-state index contributed by atoms with van der Waals surface area (Å²) in [6.45, 7) is 20.3. The van der Waals surface area contributed by atoms with Gasteiger partial charge in [-0.2, -0.15) is 0 Å². The number of hydrogen-bond donors (Lipinski definition) is 2. The van der Waals surface area contributed by atoms with E-state index in [4.69, 9.17) is 0 Å². The van der Waals surface area contributed by atoms with Crippen LogP contribution in [-0.4, -0.2) is 90.2 Å². The van der Waals surface area contributed by atoms with Crippen LogP contribution in [0.1, 0.15) is 92.4 Å². The first kappa shape index (κ1) is 39.3. The van der Waals surface area contributed by atoms with E-state index >= 15 is 0 Å². The van der Waals surface area contributed by atoms with Gasteiger partial charge in [-0.25, -0.2) is 0 Å². The van der Waals surface area contributed by atoms with E-state index < -0.39 is 6.04 Å². The maximum Gasteiger partial charge on any atom is 0.249 e. The first-order valence-electron chi connectivity index (χ1n) is 16.3. The minimum absolute atomic E-state index is 0.0661. The topological polar surface area (TPSA) is 102 Å². The fourth-order valence-electron chi connectivity index (χ4n) is 5.15. The number of likely N-dealkylation sites (tertiary alicyclic amines) is 2. The molecule has 1 aromatic heterocycles. The maximum atomic E-state index is 13.1. The van der Waals surface area contributed by atoms with E-state index in [-0.39, 0.29) is 36.2 Å². The van der Waals surface area contributed by atoms with Crippen molar-refractivity contribution in [3.63, 3.8) is 0 Å². The predicted molar refractivity (Wildman–Crippen MR) is 181 cm³/mol. The number of carbonyl (C=O) groups excluding carboxylic acids is 4. The molecule has 0 bridgehead atoms. The van der Waals surface area contributed by atoms with E-state index in [9.17, 15) is 19.2 Å². The molecule has 4 amide bonds. The molecule has 2 aliphatic heterocycles. The van der Waals surface area contributed by atoms with Gasteiger partial charge in [0.05, 0.1) is 19.1 Å². The van der Waals surface area contributed by atoms with Crippen molar-refractivity contribution in [2.75, 3.05) is 33.2 Å². The summed E-state index contributed by atoms with van der Waals surface area (Å²) in [6.07, 6.45) is 7.96. The summed E-state index contributed by atoms with van der Waals surface area (Å²) in [5.74, 6) is 0.330. The Hall–Kier alpha value is -2.72. The monoisotopic (exact) mass is 633 g/mol. The Labute approximate surface area is 270 Å². The van der Waals surface area contributed by atoms with Gasteiger partial charge in [-0.15, -0.1) is 11.3 Å². The molecule has 9 nitrogen and oxygen atoms in total. The summed E-state index contributed by atoms with van der Waals surface area (Å²) in [7, 11) is 1.66. The van der Waals surface area contributed by atoms with Gasteiger partial charge in [0.1, 0.15) is 6.04 Å². The average Bonchev–Trinajstić information content (AvgIpc) is 3.69. The summed E-state index contributed by atoms with van der Waals surface area (Å²) in [5.41, 5.74) is 0.500. The molecule has 2 aliphatic rings. The fraction of sp³-hybridized carbons (Fsp3) is 0.706. The molecule has 2 N–H and O–H groups in total. The van der Waals surface area contributed by atoms with Crippen molar-refractivity contribution in [2.45, 2.75) is 112 Å². The van der Waals surface area contributed by atoms with Gasteiger partial charge in [0.25, 0.3) is 0 Å². The number of piperidine rings is 1. The van der Waals surface area contributed by atoms with Gasteiger partial charge in [-0.05, 0) is 82.8 Å². The number of likely N-dealkylation sites (N-methyl/N-ethyl adjacent to an activating group) is 1. The second-order valence-electron chi connectivity index (χ2n) is 13.0. The standard InChI is InChI=1S/C22H32N4O4S.C8H17N.C4H10/c1-15(2)19(25(4)20(28)13-23-14-27)11-16(3)22(30)26-9-5-8-18(26)21(29)24-12-17-7-6-10-31-17;1-8(2)9-6-4-3-5-7-9;1-4(2)3/h6-7,10-11,14-15,18-19H,5,8-9,12-13H2,1-4H3,(H,23,27)(H,24,29);8H,3-7H2,1-2H3;4H,1-3H3/b16-11+;;/t18-,19+;;/m0../s1. The van der Waals surface area contributed by atoms with Crippen LogP contribution >= 0.6 is 11.3 Å². The van der Waals surface area contributed by atoms with Crippen molar-refractivity contribution in [1.29, 1.82) is 0 Å². The minimum Gasteiger partial charge on any atom is -0.350 e. The highest BCUT2D eigenvalue weighted by molar-refractivity contribution is 7.09. The number of nitrogens with one attached hydrogen (secondary N) is 2. The lowest BCUT2D eigenvalue weighted by atomic mass is 9.99. The molecule has 2 atom stereocenters. The Morgan fingerprint density at radius 3 is 2.16 bits per heavy atom. The highest BCUT2D eigenvalue weighted by Gasteiger charge is 2.35. The lowest BCUT2D eigenvalue weighted by molar-refractivity contribution is -0.135. The molecule has 3 heterocycles. The van der Waals surface area contributed by atoms with Crippen LogP contribution in [0.5, 0.6) is 0 Å². The van der Waals surface area contributed by atoms with Crippen molar-refractivity contribution in [3.8, 4) is 0 Å². The zero-order valence-corrected chi connectivity index (χ0v) is 29.5. The molecule has 44 heavy (non-hydrogen) atoms. The summed E-state index contributed by atoms with van der Waals surface area (Å²) in [5, 5.41) is 7.27. The summed E-state index contributed by atoms with van der Waals surface area (Å²) in [6, 6.07) is 3.88. The number of amides is 4. The van der Waals surface area contributed by atoms with Crippen molar-refractivity contribution in [3.05, 3.63) is 34.0 Å². The first-order valence-corrected chi connectivity index (χ1v) is 17.1. The Bertz CT molecular complexity index is 1020. The van der Waals surface area contributed by atoms with Gasteiger partial charge in [-0.3, -0.25) is 19.2 Å². The Balaban J connectivity index is 0.000000615. The second kappa shape index (κ2) is 21.1. The molecule has 0 unspecified atom stereocenters. The molecular weight excluding hydrogens is 574 g/mol. The van der Waals surface area contributed by atoms with Gasteiger partial charge in [0, 0.05) is 30.1 Å². The lowest BCUT2D eigenvalue weighted by Gasteiger charge is -2.30. The Morgan fingerprint density at radius 1 is 1.02 bits per heavy atom. The van der Waals surface area contributed by atoms with Crippen molar-refractivity contribution in [2.24, 2.45) is 11.8 Å². The van der Waals surface area contributed by atoms with E-state index in [0.717, 1.165) is 23.3 Å². The van der Waals surface area contributed by atoms with Gasteiger partial charge in [0.15, 0.2) is 0 Å². The molecule has 250 valence electrons. The predicted octanol–water partition coefficient (Wildman–Crippen LogP) is 5.07. The highest BCUT2D eigenvalue weighted by atomic mass is 32.1. The minimum atomic E-state index is -0.482. The number of carbonyl (C=O) groups is 4. The second-order valence-corrected chi connectivity index (χ2v) is 14.0. The third kappa shape index (κ3) is 14.4. The third-order valence-corrected chi connectivity index (χ3v) is 8.45. The van der Waals surface area contributed by atoms with Crippen LogP contribution in [0.4, 0.5) is 0 Å². The molecule has 2 saturated heterocycles. The summed E-state index contributed by atoms with van der Waals surface area (Å²) >= 11 is 1.58. The van der Waals surface area contributed by atoms with E-state index in [2.05, 4.69) is 50.2 Å². The molecule has 3 rings (SSSR count). The number of hydrogen-bond acceptors (Lipinski definition) is 6. The molecule has 10 heteroatoms. The van der Waals surface area contributed by atoms with Crippen molar-refractivity contribution >= 4 is 35.5 Å². The van der Waals surface area contributed by atoms with Crippen LogP contribution in [0.15, 0.2) is 29.2 Å². The molecule has 0 radical (unpaired) electrons. The van der Waals surface area contributed by atoms with Crippen molar-refractivity contribution in [1.82, 2.24) is 25.3 Å². The largest absolute Gasteiger partial charge is 0.350 e. The van der Waals surface area contributed by atoms with Crippen LogP contribution in [0, 0.1) is 11.8 Å².